The minimum absolute atomic E-state index is 0.0380. The van der Waals surface area contributed by atoms with Gasteiger partial charge in [0.15, 0.2) is 0 Å². The Bertz CT molecular complexity index is 676. The summed E-state index contributed by atoms with van der Waals surface area (Å²) in [5.41, 5.74) is 3.86. The van der Waals surface area contributed by atoms with Gasteiger partial charge in [0.2, 0.25) is 11.8 Å². The Morgan fingerprint density at radius 1 is 1.35 bits per heavy atom. The Labute approximate surface area is 155 Å². The van der Waals surface area contributed by atoms with E-state index in [4.69, 9.17) is 4.74 Å². The maximum atomic E-state index is 12.5. The fraction of sp³-hybridized carbons (Fsp3) is 0.600. The summed E-state index contributed by atoms with van der Waals surface area (Å²) in [4.78, 5) is 26.4. The Morgan fingerprint density at radius 2 is 2.15 bits per heavy atom. The molecule has 142 valence electrons. The molecule has 6 nitrogen and oxygen atoms in total. The summed E-state index contributed by atoms with van der Waals surface area (Å²) in [5, 5.41) is 5.87. The Balaban J connectivity index is 1.59. The molecule has 0 aromatic heterocycles. The lowest BCUT2D eigenvalue weighted by Gasteiger charge is -2.25. The number of ether oxygens (including phenoxy) is 1. The highest BCUT2D eigenvalue weighted by molar-refractivity contribution is 5.88. The van der Waals surface area contributed by atoms with Gasteiger partial charge in [-0.2, -0.15) is 0 Å². The first-order valence-electron chi connectivity index (χ1n) is 9.37. The van der Waals surface area contributed by atoms with E-state index in [0.29, 0.717) is 12.8 Å². The van der Waals surface area contributed by atoms with Crippen LogP contribution in [0.5, 0.6) is 0 Å². The highest BCUT2D eigenvalue weighted by Gasteiger charge is 2.36. The zero-order chi connectivity index (χ0) is 18.7. The van der Waals surface area contributed by atoms with Gasteiger partial charge >= 0.3 is 0 Å². The summed E-state index contributed by atoms with van der Waals surface area (Å²) in [5.74, 6) is -0.138. The van der Waals surface area contributed by atoms with E-state index in [-0.39, 0.29) is 24.0 Å². The van der Waals surface area contributed by atoms with Crippen LogP contribution in [0.3, 0.4) is 0 Å². The van der Waals surface area contributed by atoms with Crippen molar-refractivity contribution in [2.45, 2.75) is 57.8 Å². The first-order valence-corrected chi connectivity index (χ1v) is 9.37. The molecule has 2 aliphatic rings. The largest absolute Gasteiger partial charge is 0.378 e. The van der Waals surface area contributed by atoms with Gasteiger partial charge in [-0.25, -0.2) is 0 Å². The monoisotopic (exact) mass is 359 g/mol. The normalized spacial score (nSPS) is 26.6. The summed E-state index contributed by atoms with van der Waals surface area (Å²) in [6, 6.07) is 6.04. The highest BCUT2D eigenvalue weighted by Crippen LogP contribution is 2.19. The Morgan fingerprint density at radius 3 is 2.85 bits per heavy atom. The second-order valence-corrected chi connectivity index (χ2v) is 7.53. The van der Waals surface area contributed by atoms with Crippen molar-refractivity contribution in [1.82, 2.24) is 15.5 Å². The Kier molecular flexibility index (Phi) is 5.94. The molecule has 2 saturated heterocycles. The second-order valence-electron chi connectivity index (χ2n) is 7.53. The van der Waals surface area contributed by atoms with Gasteiger partial charge in [0.1, 0.15) is 6.04 Å². The minimum Gasteiger partial charge on any atom is -0.378 e. The lowest BCUT2D eigenvalue weighted by atomic mass is 10.0. The standard InChI is InChI=1S/C20H29N3O3/c1-13-7-8-15(14(2)9-13)10-23-11-17(18(12-23)26-3)22-20(25)16-5-4-6-19(24)21-16/h7-9,16-18H,4-6,10-12H2,1-3H3,(H,21,24)(H,22,25)/t16-,17-,18-/m1/s1. The fourth-order valence-corrected chi connectivity index (χ4v) is 3.91. The summed E-state index contributed by atoms with van der Waals surface area (Å²) < 4.78 is 5.61. The predicted octanol–water partition coefficient (Wildman–Crippen LogP) is 1.29. The number of rotatable bonds is 5. The van der Waals surface area contributed by atoms with Crippen LogP contribution in [-0.4, -0.2) is 55.1 Å². The van der Waals surface area contributed by atoms with E-state index in [1.807, 2.05) is 0 Å². The minimum atomic E-state index is -0.415. The molecule has 1 aromatic carbocycles. The lowest BCUT2D eigenvalue weighted by Crippen LogP contribution is -2.54. The topological polar surface area (TPSA) is 70.7 Å². The van der Waals surface area contributed by atoms with Crippen LogP contribution in [-0.2, 0) is 20.9 Å². The molecule has 2 aliphatic heterocycles. The van der Waals surface area contributed by atoms with Crippen LogP contribution in [0, 0.1) is 13.8 Å². The molecule has 3 atom stereocenters. The Hall–Kier alpha value is -1.92. The van der Waals surface area contributed by atoms with Gasteiger partial charge < -0.3 is 15.4 Å². The van der Waals surface area contributed by atoms with Crippen molar-refractivity contribution in [2.75, 3.05) is 20.2 Å². The fourth-order valence-electron chi connectivity index (χ4n) is 3.91. The average Bonchev–Trinajstić information content (AvgIpc) is 2.99. The molecule has 26 heavy (non-hydrogen) atoms. The summed E-state index contributed by atoms with van der Waals surface area (Å²) in [6.45, 7) is 6.61. The number of nitrogens with zero attached hydrogens (tertiary/aromatic N) is 1. The molecule has 0 saturated carbocycles. The van der Waals surface area contributed by atoms with E-state index in [2.05, 4.69) is 47.6 Å². The number of carbonyl (C=O) groups excluding carboxylic acids is 2. The number of benzene rings is 1. The average molecular weight is 359 g/mol. The number of piperidine rings is 1. The smallest absolute Gasteiger partial charge is 0.242 e. The van der Waals surface area contributed by atoms with Gasteiger partial charge in [-0.1, -0.05) is 23.8 Å². The van der Waals surface area contributed by atoms with Gasteiger partial charge in [-0.15, -0.1) is 0 Å². The quantitative estimate of drug-likeness (QED) is 0.831. The molecular weight excluding hydrogens is 330 g/mol. The summed E-state index contributed by atoms with van der Waals surface area (Å²) >= 11 is 0. The molecule has 2 N–H and O–H groups in total. The molecule has 0 aliphatic carbocycles. The van der Waals surface area contributed by atoms with Gasteiger partial charge in [-0.3, -0.25) is 14.5 Å². The SMILES string of the molecule is CO[C@@H]1CN(Cc2ccc(C)cc2C)C[C@H]1NC(=O)[C@H]1CCCC(=O)N1. The van der Waals surface area contributed by atoms with Crippen LogP contribution in [0.25, 0.3) is 0 Å². The van der Waals surface area contributed by atoms with Crippen LogP contribution in [0.15, 0.2) is 18.2 Å². The summed E-state index contributed by atoms with van der Waals surface area (Å²) in [6.07, 6.45) is 1.94. The van der Waals surface area contributed by atoms with Crippen molar-refractivity contribution in [3.63, 3.8) is 0 Å². The van der Waals surface area contributed by atoms with Crippen molar-refractivity contribution in [3.8, 4) is 0 Å². The molecule has 0 bridgehead atoms. The lowest BCUT2D eigenvalue weighted by molar-refractivity contribution is -0.131. The van der Waals surface area contributed by atoms with Gasteiger partial charge in [0, 0.05) is 33.2 Å². The number of hydrogen-bond donors (Lipinski definition) is 2. The third-order valence-corrected chi connectivity index (χ3v) is 5.41. The van der Waals surface area contributed by atoms with E-state index in [9.17, 15) is 9.59 Å². The van der Waals surface area contributed by atoms with Crippen molar-refractivity contribution in [1.29, 1.82) is 0 Å². The molecular formula is C20H29N3O3. The third-order valence-electron chi connectivity index (χ3n) is 5.41. The van der Waals surface area contributed by atoms with E-state index >= 15 is 0 Å². The molecule has 2 fully saturated rings. The molecule has 3 rings (SSSR count). The van der Waals surface area contributed by atoms with Gasteiger partial charge in [-0.05, 0) is 37.8 Å². The van der Waals surface area contributed by atoms with E-state index in [0.717, 1.165) is 26.1 Å². The molecule has 2 amide bonds. The number of amides is 2. The van der Waals surface area contributed by atoms with Crippen molar-refractivity contribution < 1.29 is 14.3 Å². The van der Waals surface area contributed by atoms with Crippen LogP contribution in [0.1, 0.15) is 36.0 Å². The zero-order valence-corrected chi connectivity index (χ0v) is 15.9. The third kappa shape index (κ3) is 4.43. The van der Waals surface area contributed by atoms with E-state index in [1.165, 1.54) is 16.7 Å². The molecule has 0 radical (unpaired) electrons. The van der Waals surface area contributed by atoms with Crippen molar-refractivity contribution in [2.24, 2.45) is 0 Å². The number of hydrogen-bond acceptors (Lipinski definition) is 4. The molecule has 6 heteroatoms. The highest BCUT2D eigenvalue weighted by atomic mass is 16.5. The number of carbonyl (C=O) groups is 2. The number of nitrogens with one attached hydrogen (secondary N) is 2. The number of methoxy groups -OCH3 is 1. The van der Waals surface area contributed by atoms with Crippen LogP contribution in [0.4, 0.5) is 0 Å². The molecule has 2 heterocycles. The number of likely N-dealkylation sites (tertiary alicyclic amines) is 1. The van der Waals surface area contributed by atoms with E-state index in [1.54, 1.807) is 7.11 Å². The second kappa shape index (κ2) is 8.18. The maximum absolute atomic E-state index is 12.5. The zero-order valence-electron chi connectivity index (χ0n) is 15.9. The number of aryl methyl sites for hydroxylation is 2. The molecule has 0 spiro atoms. The maximum Gasteiger partial charge on any atom is 0.242 e. The van der Waals surface area contributed by atoms with Gasteiger partial charge in [0.05, 0.1) is 12.1 Å². The first-order chi connectivity index (χ1) is 12.5. The van der Waals surface area contributed by atoms with Crippen LogP contribution in [0.2, 0.25) is 0 Å². The van der Waals surface area contributed by atoms with Crippen LogP contribution >= 0.6 is 0 Å². The van der Waals surface area contributed by atoms with E-state index < -0.39 is 6.04 Å². The van der Waals surface area contributed by atoms with Gasteiger partial charge in [0.25, 0.3) is 0 Å². The van der Waals surface area contributed by atoms with Crippen molar-refractivity contribution >= 4 is 11.8 Å². The predicted molar refractivity (Wildman–Crippen MR) is 99.7 cm³/mol. The molecule has 1 aromatic rings. The summed E-state index contributed by atoms with van der Waals surface area (Å²) in [7, 11) is 1.69. The molecule has 0 unspecified atom stereocenters. The van der Waals surface area contributed by atoms with Crippen LogP contribution < -0.4 is 10.6 Å². The first kappa shape index (κ1) is 18.9. The van der Waals surface area contributed by atoms with Crippen molar-refractivity contribution in [3.05, 3.63) is 34.9 Å².